The van der Waals surface area contributed by atoms with Gasteiger partial charge in [-0.2, -0.15) is 5.10 Å². The summed E-state index contributed by atoms with van der Waals surface area (Å²) in [6, 6.07) is 10.5. The molecular weight excluding hydrogens is 276 g/mol. The van der Waals surface area contributed by atoms with Crippen molar-refractivity contribution < 1.29 is 4.79 Å². The number of carbonyl (C=O) groups is 1. The minimum absolute atomic E-state index is 0.168. The second kappa shape index (κ2) is 6.75. The third kappa shape index (κ3) is 3.54. The van der Waals surface area contributed by atoms with Crippen LogP contribution in [0.25, 0.3) is 0 Å². The van der Waals surface area contributed by atoms with Gasteiger partial charge < -0.3 is 10.2 Å². The predicted molar refractivity (Wildman–Crippen MR) is 85.3 cm³/mol. The van der Waals surface area contributed by atoms with Crippen molar-refractivity contribution in [2.24, 2.45) is 0 Å². The summed E-state index contributed by atoms with van der Waals surface area (Å²) < 4.78 is 1.87. The van der Waals surface area contributed by atoms with Gasteiger partial charge in [-0.15, -0.1) is 0 Å². The molecule has 1 unspecified atom stereocenters. The van der Waals surface area contributed by atoms with E-state index in [0.717, 1.165) is 26.1 Å². The molecule has 0 radical (unpaired) electrons. The number of aromatic nitrogens is 2. The van der Waals surface area contributed by atoms with Crippen LogP contribution in [0, 0.1) is 0 Å². The summed E-state index contributed by atoms with van der Waals surface area (Å²) in [5.74, 6) is 0.168. The number of nitrogens with one attached hydrogen (secondary N) is 1. The Morgan fingerprint density at radius 3 is 2.91 bits per heavy atom. The molecular formula is C17H22N4O. The summed E-state index contributed by atoms with van der Waals surface area (Å²) in [6.45, 7) is 4.75. The molecule has 1 aliphatic rings. The zero-order valence-electron chi connectivity index (χ0n) is 12.9. The Labute approximate surface area is 130 Å². The molecule has 0 bridgehead atoms. The second-order valence-electron chi connectivity index (χ2n) is 5.84. The quantitative estimate of drug-likeness (QED) is 0.909. The van der Waals surface area contributed by atoms with Gasteiger partial charge in [0.1, 0.15) is 0 Å². The van der Waals surface area contributed by atoms with Gasteiger partial charge in [0.25, 0.3) is 0 Å². The first-order valence-electron chi connectivity index (χ1n) is 7.78. The molecule has 2 aromatic rings. The van der Waals surface area contributed by atoms with Gasteiger partial charge in [0.2, 0.25) is 5.91 Å². The van der Waals surface area contributed by atoms with Crippen LogP contribution in [0.15, 0.2) is 42.7 Å². The van der Waals surface area contributed by atoms with Crippen LogP contribution in [0.4, 0.5) is 0 Å². The molecule has 0 fully saturated rings. The van der Waals surface area contributed by atoms with Gasteiger partial charge in [-0.1, -0.05) is 24.3 Å². The van der Waals surface area contributed by atoms with E-state index in [1.165, 1.54) is 11.1 Å². The molecule has 1 atom stereocenters. The molecule has 1 N–H and O–H groups in total. The number of amides is 1. The minimum Gasteiger partial charge on any atom is -0.337 e. The number of carbonyl (C=O) groups excluding carboxylic acids is 1. The van der Waals surface area contributed by atoms with Crippen molar-refractivity contribution in [3.63, 3.8) is 0 Å². The van der Waals surface area contributed by atoms with Crippen LogP contribution in [0.1, 0.15) is 18.1 Å². The molecule has 2 heterocycles. The van der Waals surface area contributed by atoms with E-state index in [1.54, 1.807) is 6.20 Å². The van der Waals surface area contributed by atoms with Gasteiger partial charge in [-0.25, -0.2) is 0 Å². The third-order valence-corrected chi connectivity index (χ3v) is 4.11. The smallest absolute Gasteiger partial charge is 0.236 e. The molecule has 22 heavy (non-hydrogen) atoms. The largest absolute Gasteiger partial charge is 0.337 e. The van der Waals surface area contributed by atoms with E-state index in [-0.39, 0.29) is 11.9 Å². The average molecular weight is 298 g/mol. The van der Waals surface area contributed by atoms with E-state index in [1.807, 2.05) is 27.9 Å². The first-order valence-corrected chi connectivity index (χ1v) is 7.78. The van der Waals surface area contributed by atoms with E-state index in [4.69, 9.17) is 0 Å². The van der Waals surface area contributed by atoms with Crippen LogP contribution in [0.5, 0.6) is 0 Å². The van der Waals surface area contributed by atoms with Crippen LogP contribution in [-0.4, -0.2) is 39.7 Å². The second-order valence-corrected chi connectivity index (χ2v) is 5.84. The zero-order valence-corrected chi connectivity index (χ0v) is 12.9. The molecule has 5 nitrogen and oxygen atoms in total. The van der Waals surface area contributed by atoms with Crippen molar-refractivity contribution in [1.29, 1.82) is 0 Å². The highest BCUT2D eigenvalue weighted by Crippen LogP contribution is 2.18. The third-order valence-electron chi connectivity index (χ3n) is 4.11. The van der Waals surface area contributed by atoms with Gasteiger partial charge in [0.05, 0.1) is 13.1 Å². The molecule has 3 rings (SSSR count). The number of fused-ring (bicyclic) bond motifs is 1. The van der Waals surface area contributed by atoms with Gasteiger partial charge >= 0.3 is 0 Å². The number of hydrogen-bond donors (Lipinski definition) is 1. The first kappa shape index (κ1) is 14.8. The summed E-state index contributed by atoms with van der Waals surface area (Å²) in [6.07, 6.45) is 4.65. The lowest BCUT2D eigenvalue weighted by molar-refractivity contribution is -0.131. The highest BCUT2D eigenvalue weighted by Gasteiger charge is 2.20. The Morgan fingerprint density at radius 2 is 2.14 bits per heavy atom. The van der Waals surface area contributed by atoms with E-state index < -0.39 is 0 Å². The lowest BCUT2D eigenvalue weighted by atomic mass is 10.00. The molecule has 0 saturated heterocycles. The molecule has 1 aromatic carbocycles. The lowest BCUT2D eigenvalue weighted by Gasteiger charge is -2.29. The zero-order chi connectivity index (χ0) is 15.4. The number of benzene rings is 1. The van der Waals surface area contributed by atoms with Crippen LogP contribution in [0.2, 0.25) is 0 Å². The highest BCUT2D eigenvalue weighted by molar-refractivity contribution is 5.78. The topological polar surface area (TPSA) is 50.2 Å². The molecule has 0 saturated carbocycles. The van der Waals surface area contributed by atoms with Crippen LogP contribution in [0.3, 0.4) is 0 Å². The predicted octanol–water partition coefficient (Wildman–Crippen LogP) is 1.45. The fourth-order valence-electron chi connectivity index (χ4n) is 2.84. The maximum Gasteiger partial charge on any atom is 0.236 e. The van der Waals surface area contributed by atoms with Crippen molar-refractivity contribution >= 4 is 5.91 Å². The van der Waals surface area contributed by atoms with E-state index >= 15 is 0 Å². The number of nitrogens with zero attached hydrogens (tertiary/aromatic N) is 3. The maximum absolute atomic E-state index is 12.4. The summed E-state index contributed by atoms with van der Waals surface area (Å²) in [5.41, 5.74) is 2.64. The molecule has 5 heteroatoms. The van der Waals surface area contributed by atoms with Crippen LogP contribution < -0.4 is 5.32 Å². The Bertz CT molecular complexity index is 623. The van der Waals surface area contributed by atoms with Crippen molar-refractivity contribution in [2.45, 2.75) is 32.5 Å². The van der Waals surface area contributed by atoms with Gasteiger partial charge in [-0.05, 0) is 30.5 Å². The van der Waals surface area contributed by atoms with Gasteiger partial charge in [-0.3, -0.25) is 9.48 Å². The standard InChI is InChI=1S/C17H22N4O/c1-14(12-21-9-4-8-19-21)18-11-17(22)20-10-7-15-5-2-3-6-16(15)13-20/h2-6,8-9,14,18H,7,10-13H2,1H3. The van der Waals surface area contributed by atoms with Crippen molar-refractivity contribution in [3.8, 4) is 0 Å². The van der Waals surface area contributed by atoms with Crippen molar-refractivity contribution in [2.75, 3.05) is 13.1 Å². The summed E-state index contributed by atoms with van der Waals surface area (Å²) in [5, 5.41) is 7.47. The van der Waals surface area contributed by atoms with Gasteiger partial charge in [0, 0.05) is 31.5 Å². The van der Waals surface area contributed by atoms with Crippen molar-refractivity contribution in [1.82, 2.24) is 20.0 Å². The van der Waals surface area contributed by atoms with E-state index in [2.05, 4.69) is 35.5 Å². The van der Waals surface area contributed by atoms with Crippen molar-refractivity contribution in [3.05, 3.63) is 53.9 Å². The fraction of sp³-hybridized carbons (Fsp3) is 0.412. The summed E-state index contributed by atoms with van der Waals surface area (Å²) >= 11 is 0. The molecule has 116 valence electrons. The molecule has 1 aliphatic heterocycles. The number of hydrogen-bond acceptors (Lipinski definition) is 3. The summed E-state index contributed by atoms with van der Waals surface area (Å²) in [4.78, 5) is 14.3. The summed E-state index contributed by atoms with van der Waals surface area (Å²) in [7, 11) is 0. The lowest BCUT2D eigenvalue weighted by Crippen LogP contribution is -2.44. The highest BCUT2D eigenvalue weighted by atomic mass is 16.2. The Balaban J connectivity index is 1.48. The Morgan fingerprint density at radius 1 is 1.32 bits per heavy atom. The normalized spacial score (nSPS) is 15.4. The minimum atomic E-state index is 0.168. The van der Waals surface area contributed by atoms with E-state index in [0.29, 0.717) is 6.54 Å². The van der Waals surface area contributed by atoms with Crippen LogP contribution in [-0.2, 0) is 24.3 Å². The first-order chi connectivity index (χ1) is 10.7. The number of rotatable bonds is 5. The fourth-order valence-corrected chi connectivity index (χ4v) is 2.84. The molecule has 0 spiro atoms. The monoisotopic (exact) mass is 298 g/mol. The van der Waals surface area contributed by atoms with Gasteiger partial charge in [0.15, 0.2) is 0 Å². The SMILES string of the molecule is CC(Cn1cccn1)NCC(=O)N1CCc2ccccc2C1. The van der Waals surface area contributed by atoms with E-state index in [9.17, 15) is 4.79 Å². The molecule has 1 amide bonds. The molecule has 1 aromatic heterocycles. The van der Waals surface area contributed by atoms with Crippen LogP contribution >= 0.6 is 0 Å². The Hall–Kier alpha value is -2.14. The molecule has 0 aliphatic carbocycles. The Kier molecular flexibility index (Phi) is 4.53. The maximum atomic E-state index is 12.4. The average Bonchev–Trinajstić information content (AvgIpc) is 3.05.